The second kappa shape index (κ2) is 8.82. The Morgan fingerprint density at radius 1 is 1.10 bits per heavy atom. The van der Waals surface area contributed by atoms with E-state index in [1.807, 2.05) is 24.4 Å². The van der Waals surface area contributed by atoms with E-state index in [2.05, 4.69) is 27.0 Å². The van der Waals surface area contributed by atoms with Gasteiger partial charge < -0.3 is 9.64 Å². The van der Waals surface area contributed by atoms with Gasteiger partial charge in [0.1, 0.15) is 11.5 Å². The number of rotatable bonds is 8. The third kappa shape index (κ3) is 4.87. The van der Waals surface area contributed by atoms with E-state index in [9.17, 15) is 4.79 Å². The standard InChI is InChI=1S/C24H27N3O2S/c28-22(19-3-4-19)15-18-9-13-27(14-10-18)12-8-17-1-5-20(6-2-17)29-24-26-21-7-11-25-16-23(21)30-24/h1-2,5-7,11,16,18-19H,3-4,8-10,12-15H2. The first-order valence-corrected chi connectivity index (χ1v) is 11.8. The van der Waals surface area contributed by atoms with Crippen LogP contribution >= 0.6 is 11.3 Å². The number of hydrogen-bond acceptors (Lipinski definition) is 6. The third-order valence-electron chi connectivity index (χ3n) is 6.25. The van der Waals surface area contributed by atoms with Crippen molar-refractivity contribution >= 4 is 27.3 Å². The summed E-state index contributed by atoms with van der Waals surface area (Å²) < 4.78 is 6.95. The number of ketones is 1. The van der Waals surface area contributed by atoms with E-state index in [0.717, 1.165) is 61.3 Å². The van der Waals surface area contributed by atoms with Crippen molar-refractivity contribution in [2.75, 3.05) is 19.6 Å². The topological polar surface area (TPSA) is 55.3 Å². The minimum atomic E-state index is 0.418. The third-order valence-corrected chi connectivity index (χ3v) is 7.13. The van der Waals surface area contributed by atoms with Crippen molar-refractivity contribution in [2.24, 2.45) is 11.8 Å². The highest BCUT2D eigenvalue weighted by Gasteiger charge is 2.31. The Morgan fingerprint density at radius 3 is 2.63 bits per heavy atom. The average molecular weight is 422 g/mol. The predicted octanol–water partition coefficient (Wildman–Crippen LogP) is 5.11. The van der Waals surface area contributed by atoms with Crippen LogP contribution in [0.1, 0.15) is 37.7 Å². The van der Waals surface area contributed by atoms with Gasteiger partial charge in [-0.2, -0.15) is 0 Å². The SMILES string of the molecule is O=C(CC1CCN(CCc2ccc(Oc3nc4ccncc4s3)cc2)CC1)C1CC1. The Hall–Kier alpha value is -2.31. The van der Waals surface area contributed by atoms with E-state index < -0.39 is 0 Å². The maximum atomic E-state index is 12.0. The number of pyridine rings is 1. The van der Waals surface area contributed by atoms with Crippen molar-refractivity contribution in [3.8, 4) is 10.9 Å². The molecule has 0 atom stereocenters. The van der Waals surface area contributed by atoms with Crippen LogP contribution in [0.15, 0.2) is 42.7 Å². The monoisotopic (exact) mass is 421 g/mol. The zero-order chi connectivity index (χ0) is 20.3. The first kappa shape index (κ1) is 19.6. The molecule has 6 heteroatoms. The number of carbonyl (C=O) groups excluding carboxylic acids is 1. The number of hydrogen-bond donors (Lipinski definition) is 0. The van der Waals surface area contributed by atoms with Gasteiger partial charge in [-0.15, -0.1) is 0 Å². The molecule has 1 saturated heterocycles. The Balaban J connectivity index is 1.07. The fourth-order valence-electron chi connectivity index (χ4n) is 4.19. The summed E-state index contributed by atoms with van der Waals surface area (Å²) in [4.78, 5) is 23.2. The smallest absolute Gasteiger partial charge is 0.279 e. The van der Waals surface area contributed by atoms with E-state index >= 15 is 0 Å². The van der Waals surface area contributed by atoms with Crippen molar-refractivity contribution < 1.29 is 9.53 Å². The van der Waals surface area contributed by atoms with Crippen LogP contribution < -0.4 is 4.74 Å². The molecule has 0 spiro atoms. The highest BCUT2D eigenvalue weighted by atomic mass is 32.1. The van der Waals surface area contributed by atoms with E-state index in [-0.39, 0.29) is 0 Å². The van der Waals surface area contributed by atoms with Gasteiger partial charge in [-0.3, -0.25) is 9.78 Å². The number of benzene rings is 1. The highest BCUT2D eigenvalue weighted by Crippen LogP contribution is 2.34. The molecule has 0 amide bonds. The van der Waals surface area contributed by atoms with Crippen LogP contribution in [0.3, 0.4) is 0 Å². The van der Waals surface area contributed by atoms with Crippen LogP contribution in [0.4, 0.5) is 0 Å². The summed E-state index contributed by atoms with van der Waals surface area (Å²) in [5.41, 5.74) is 2.24. The van der Waals surface area contributed by atoms with Gasteiger partial charge in [0, 0.05) is 31.3 Å². The molecule has 1 aliphatic heterocycles. The Kier molecular flexibility index (Phi) is 5.77. The van der Waals surface area contributed by atoms with Crippen molar-refractivity contribution in [1.29, 1.82) is 0 Å². The summed E-state index contributed by atoms with van der Waals surface area (Å²) in [5.74, 6) is 2.37. The van der Waals surface area contributed by atoms with Gasteiger partial charge in [0.25, 0.3) is 5.19 Å². The quantitative estimate of drug-likeness (QED) is 0.506. The van der Waals surface area contributed by atoms with E-state index in [0.29, 0.717) is 22.8 Å². The predicted molar refractivity (Wildman–Crippen MR) is 119 cm³/mol. The molecule has 0 radical (unpaired) electrons. The molecule has 3 heterocycles. The van der Waals surface area contributed by atoms with Gasteiger partial charge in [0.2, 0.25) is 0 Å². The molecule has 3 aromatic rings. The molecule has 30 heavy (non-hydrogen) atoms. The number of aromatic nitrogens is 2. The minimum absolute atomic E-state index is 0.418. The van der Waals surface area contributed by atoms with Gasteiger partial charge in [-0.25, -0.2) is 4.98 Å². The zero-order valence-corrected chi connectivity index (χ0v) is 17.9. The molecule has 0 bridgehead atoms. The maximum Gasteiger partial charge on any atom is 0.279 e. The summed E-state index contributed by atoms with van der Waals surface area (Å²) in [6.07, 6.45) is 10.0. The Labute approximate surface area is 181 Å². The minimum Gasteiger partial charge on any atom is -0.431 e. The largest absolute Gasteiger partial charge is 0.431 e. The van der Waals surface area contributed by atoms with E-state index in [1.165, 1.54) is 29.7 Å². The van der Waals surface area contributed by atoms with Crippen molar-refractivity contribution in [3.05, 3.63) is 48.3 Å². The lowest BCUT2D eigenvalue weighted by molar-refractivity contribution is -0.121. The lowest BCUT2D eigenvalue weighted by Gasteiger charge is -2.31. The molecule has 156 valence electrons. The van der Waals surface area contributed by atoms with Crippen LogP contribution in [0.5, 0.6) is 10.9 Å². The fraction of sp³-hybridized carbons (Fsp3) is 0.458. The molecule has 2 aromatic heterocycles. The summed E-state index contributed by atoms with van der Waals surface area (Å²) in [5, 5.41) is 0.647. The zero-order valence-electron chi connectivity index (χ0n) is 17.1. The summed E-state index contributed by atoms with van der Waals surface area (Å²) >= 11 is 1.51. The molecule has 1 saturated carbocycles. The second-order valence-electron chi connectivity index (χ2n) is 8.55. The van der Waals surface area contributed by atoms with E-state index in [1.54, 1.807) is 6.20 Å². The maximum absolute atomic E-state index is 12.0. The number of fused-ring (bicyclic) bond motifs is 1. The molecule has 5 nitrogen and oxygen atoms in total. The van der Waals surface area contributed by atoms with Crippen molar-refractivity contribution in [2.45, 2.75) is 38.5 Å². The Morgan fingerprint density at radius 2 is 1.90 bits per heavy atom. The van der Waals surface area contributed by atoms with Crippen molar-refractivity contribution in [3.63, 3.8) is 0 Å². The number of thiazole rings is 1. The molecule has 5 rings (SSSR count). The Bertz CT molecular complexity index is 972. The first-order valence-electron chi connectivity index (χ1n) is 11.0. The second-order valence-corrected chi connectivity index (χ2v) is 9.54. The van der Waals surface area contributed by atoms with Crippen LogP contribution in [0.2, 0.25) is 0 Å². The number of piperidine rings is 1. The van der Waals surface area contributed by atoms with Crippen LogP contribution in [-0.2, 0) is 11.2 Å². The summed E-state index contributed by atoms with van der Waals surface area (Å²) in [6, 6.07) is 10.2. The van der Waals surface area contributed by atoms with Gasteiger partial charge in [-0.1, -0.05) is 23.5 Å². The first-order chi connectivity index (χ1) is 14.7. The number of nitrogens with zero attached hydrogens (tertiary/aromatic N) is 3. The molecule has 2 aliphatic rings. The average Bonchev–Trinajstić information content (AvgIpc) is 3.54. The molecule has 1 aromatic carbocycles. The van der Waals surface area contributed by atoms with Crippen LogP contribution in [-0.4, -0.2) is 40.3 Å². The van der Waals surface area contributed by atoms with Crippen LogP contribution in [0, 0.1) is 11.8 Å². The van der Waals surface area contributed by atoms with E-state index in [4.69, 9.17) is 4.74 Å². The molecule has 2 fully saturated rings. The summed E-state index contributed by atoms with van der Waals surface area (Å²) in [7, 11) is 0. The molecule has 1 aliphatic carbocycles. The van der Waals surface area contributed by atoms with Gasteiger partial charge in [0.15, 0.2) is 0 Å². The van der Waals surface area contributed by atoms with Crippen LogP contribution in [0.25, 0.3) is 10.2 Å². The number of Topliss-reactive ketones (excluding diaryl/α,β-unsaturated/α-hetero) is 1. The lowest BCUT2D eigenvalue weighted by atomic mass is 9.90. The fourth-order valence-corrected chi connectivity index (χ4v) is 4.99. The highest BCUT2D eigenvalue weighted by molar-refractivity contribution is 7.20. The lowest BCUT2D eigenvalue weighted by Crippen LogP contribution is -2.35. The normalized spacial score (nSPS) is 18.0. The molecule has 0 unspecified atom stereocenters. The molecule has 0 N–H and O–H groups in total. The number of ether oxygens (including phenoxy) is 1. The number of likely N-dealkylation sites (tertiary alicyclic amines) is 1. The van der Waals surface area contributed by atoms with Gasteiger partial charge >= 0.3 is 0 Å². The van der Waals surface area contributed by atoms with Gasteiger partial charge in [0.05, 0.1) is 10.2 Å². The van der Waals surface area contributed by atoms with Gasteiger partial charge in [-0.05, 0) is 74.9 Å². The molecular weight excluding hydrogens is 394 g/mol. The number of carbonyl (C=O) groups is 1. The van der Waals surface area contributed by atoms with Crippen molar-refractivity contribution in [1.82, 2.24) is 14.9 Å². The molecular formula is C24H27N3O2S. The summed E-state index contributed by atoms with van der Waals surface area (Å²) in [6.45, 7) is 3.32.